The molecule has 0 radical (unpaired) electrons. The van der Waals surface area contributed by atoms with E-state index in [1.54, 1.807) is 6.92 Å². The number of ketones is 2. The lowest BCUT2D eigenvalue weighted by atomic mass is 9.59. The van der Waals surface area contributed by atoms with Gasteiger partial charge >= 0.3 is 5.97 Å². The van der Waals surface area contributed by atoms with Crippen molar-refractivity contribution >= 4 is 17.5 Å². The standard InChI is InChI=1S/C28H36O4/c1-7-8-21-13-18(2)25(19(3)14-21)26-22(29)16-28(17-23(26)30)11-9-20(10-12-28)15-24(31)32-27(4,5)6/h13-14,20,26H,9-12,15-17H2,1-6H3. The summed E-state index contributed by atoms with van der Waals surface area (Å²) in [5.41, 5.74) is 3.02. The second kappa shape index (κ2) is 9.22. The van der Waals surface area contributed by atoms with E-state index in [4.69, 9.17) is 4.74 Å². The third kappa shape index (κ3) is 5.49. The van der Waals surface area contributed by atoms with Crippen LogP contribution in [0.15, 0.2) is 12.1 Å². The van der Waals surface area contributed by atoms with Crippen molar-refractivity contribution < 1.29 is 19.1 Å². The van der Waals surface area contributed by atoms with Crippen LogP contribution >= 0.6 is 0 Å². The summed E-state index contributed by atoms with van der Waals surface area (Å²) in [5, 5.41) is 0. The van der Waals surface area contributed by atoms with Crippen molar-refractivity contribution in [2.45, 2.75) is 98.0 Å². The molecule has 3 rings (SSSR count). The average molecular weight is 437 g/mol. The van der Waals surface area contributed by atoms with E-state index in [9.17, 15) is 14.4 Å². The van der Waals surface area contributed by atoms with Crippen molar-refractivity contribution in [3.05, 3.63) is 34.4 Å². The predicted molar refractivity (Wildman–Crippen MR) is 125 cm³/mol. The van der Waals surface area contributed by atoms with Gasteiger partial charge in [0.2, 0.25) is 0 Å². The van der Waals surface area contributed by atoms with Crippen LogP contribution in [0.5, 0.6) is 0 Å². The number of aryl methyl sites for hydroxylation is 2. The molecule has 0 aliphatic heterocycles. The Hall–Kier alpha value is -2.41. The molecule has 1 aromatic carbocycles. The second-order valence-electron chi connectivity index (χ2n) is 10.9. The van der Waals surface area contributed by atoms with E-state index >= 15 is 0 Å². The van der Waals surface area contributed by atoms with Gasteiger partial charge in [0.15, 0.2) is 0 Å². The lowest BCUT2D eigenvalue weighted by Gasteiger charge is -2.43. The van der Waals surface area contributed by atoms with Crippen LogP contribution in [0.4, 0.5) is 0 Å². The minimum atomic E-state index is -0.649. The highest BCUT2D eigenvalue weighted by atomic mass is 16.6. The number of hydrogen-bond acceptors (Lipinski definition) is 4. The lowest BCUT2D eigenvalue weighted by Crippen LogP contribution is -2.42. The van der Waals surface area contributed by atoms with E-state index in [0.29, 0.717) is 19.3 Å². The number of esters is 1. The van der Waals surface area contributed by atoms with Gasteiger partial charge in [-0.15, -0.1) is 5.92 Å². The smallest absolute Gasteiger partial charge is 0.306 e. The van der Waals surface area contributed by atoms with Crippen molar-refractivity contribution in [2.75, 3.05) is 0 Å². The summed E-state index contributed by atoms with van der Waals surface area (Å²) in [6.45, 7) is 11.4. The van der Waals surface area contributed by atoms with Crippen molar-refractivity contribution in [2.24, 2.45) is 11.3 Å². The predicted octanol–water partition coefficient (Wildman–Crippen LogP) is 5.60. The van der Waals surface area contributed by atoms with E-state index in [2.05, 4.69) is 11.8 Å². The third-order valence-electron chi connectivity index (χ3n) is 6.94. The topological polar surface area (TPSA) is 60.4 Å². The maximum atomic E-state index is 13.3. The highest BCUT2D eigenvalue weighted by Crippen LogP contribution is 2.50. The highest BCUT2D eigenvalue weighted by Gasteiger charge is 2.47. The zero-order valence-corrected chi connectivity index (χ0v) is 20.4. The molecule has 1 aromatic rings. The zero-order chi connectivity index (χ0) is 23.7. The van der Waals surface area contributed by atoms with Crippen LogP contribution in [0.2, 0.25) is 0 Å². The second-order valence-corrected chi connectivity index (χ2v) is 10.9. The zero-order valence-electron chi connectivity index (χ0n) is 20.4. The summed E-state index contributed by atoms with van der Waals surface area (Å²) in [6.07, 6.45) is 4.72. The average Bonchev–Trinajstić information content (AvgIpc) is 2.64. The Bertz CT molecular complexity index is 932. The molecule has 4 heteroatoms. The minimum Gasteiger partial charge on any atom is -0.460 e. The Labute approximate surface area is 192 Å². The van der Waals surface area contributed by atoms with Gasteiger partial charge in [0.25, 0.3) is 0 Å². The van der Waals surface area contributed by atoms with Crippen LogP contribution in [0.3, 0.4) is 0 Å². The van der Waals surface area contributed by atoms with Gasteiger partial charge < -0.3 is 4.74 Å². The van der Waals surface area contributed by atoms with Gasteiger partial charge in [-0.05, 0) is 107 Å². The molecule has 4 nitrogen and oxygen atoms in total. The van der Waals surface area contributed by atoms with Crippen LogP contribution in [0.1, 0.15) is 101 Å². The molecule has 2 aliphatic rings. The van der Waals surface area contributed by atoms with Crippen molar-refractivity contribution in [1.82, 2.24) is 0 Å². The molecule has 2 saturated carbocycles. The SMILES string of the molecule is CC#Cc1cc(C)c(C2C(=O)CC3(CCC(CC(=O)OC(C)(C)C)CC3)CC2=O)c(C)c1. The maximum absolute atomic E-state index is 13.3. The first-order chi connectivity index (χ1) is 14.9. The van der Waals surface area contributed by atoms with Crippen molar-refractivity contribution in [3.8, 4) is 11.8 Å². The number of carbonyl (C=O) groups excluding carboxylic acids is 3. The fraction of sp³-hybridized carbons (Fsp3) is 0.607. The van der Waals surface area contributed by atoms with Gasteiger partial charge in [0, 0.05) is 24.8 Å². The molecule has 2 fully saturated rings. The monoisotopic (exact) mass is 436 g/mol. The van der Waals surface area contributed by atoms with E-state index in [1.165, 1.54) is 0 Å². The first-order valence-electron chi connectivity index (χ1n) is 11.7. The minimum absolute atomic E-state index is 0.0485. The fourth-order valence-electron chi connectivity index (χ4n) is 5.62. The number of benzene rings is 1. The Morgan fingerprint density at radius 3 is 2.06 bits per heavy atom. The molecule has 0 saturated heterocycles. The first kappa shape index (κ1) is 24.2. The number of carbonyl (C=O) groups is 3. The molecule has 0 atom stereocenters. The fourth-order valence-corrected chi connectivity index (χ4v) is 5.62. The molecule has 172 valence electrons. The molecule has 2 aliphatic carbocycles. The van der Waals surface area contributed by atoms with E-state index in [-0.39, 0.29) is 28.9 Å². The number of Topliss-reactive ketones (excluding diaryl/α,β-unsaturated/α-hetero) is 2. The summed E-state index contributed by atoms with van der Waals surface area (Å²) >= 11 is 0. The molecular formula is C28H36O4. The van der Waals surface area contributed by atoms with Crippen LogP contribution in [-0.4, -0.2) is 23.1 Å². The molecule has 0 unspecified atom stereocenters. The van der Waals surface area contributed by atoms with Gasteiger partial charge in [-0.2, -0.15) is 0 Å². The van der Waals surface area contributed by atoms with E-state index in [0.717, 1.165) is 47.9 Å². The molecule has 0 amide bonds. The molecule has 32 heavy (non-hydrogen) atoms. The Morgan fingerprint density at radius 2 is 1.59 bits per heavy atom. The van der Waals surface area contributed by atoms with Gasteiger partial charge in [-0.1, -0.05) is 5.92 Å². The third-order valence-corrected chi connectivity index (χ3v) is 6.94. The largest absolute Gasteiger partial charge is 0.460 e. The molecule has 0 heterocycles. The first-order valence-corrected chi connectivity index (χ1v) is 11.7. The molecule has 0 N–H and O–H groups in total. The van der Waals surface area contributed by atoms with Crippen LogP contribution in [-0.2, 0) is 19.1 Å². The van der Waals surface area contributed by atoms with Gasteiger partial charge in [-0.3, -0.25) is 14.4 Å². The molecule has 0 aromatic heterocycles. The van der Waals surface area contributed by atoms with E-state index < -0.39 is 11.5 Å². The van der Waals surface area contributed by atoms with E-state index in [1.807, 2.05) is 46.8 Å². The maximum Gasteiger partial charge on any atom is 0.306 e. The highest BCUT2D eigenvalue weighted by molar-refractivity contribution is 6.10. The molecule has 1 spiro atoms. The van der Waals surface area contributed by atoms with Crippen molar-refractivity contribution in [3.63, 3.8) is 0 Å². The Balaban J connectivity index is 1.68. The normalized spacial score (nSPS) is 25.9. The summed E-state index contributed by atoms with van der Waals surface area (Å²) in [5.74, 6) is 5.54. The number of rotatable bonds is 3. The number of ether oxygens (including phenoxy) is 1. The quantitative estimate of drug-likeness (QED) is 0.352. The summed E-state index contributed by atoms with van der Waals surface area (Å²) < 4.78 is 5.47. The van der Waals surface area contributed by atoms with Crippen LogP contribution in [0, 0.1) is 37.0 Å². The van der Waals surface area contributed by atoms with Crippen LogP contribution in [0.25, 0.3) is 0 Å². The lowest BCUT2D eigenvalue weighted by molar-refractivity contribution is -0.157. The van der Waals surface area contributed by atoms with Crippen molar-refractivity contribution in [1.29, 1.82) is 0 Å². The molecule has 0 bridgehead atoms. The Kier molecular flexibility index (Phi) is 6.98. The van der Waals surface area contributed by atoms with Gasteiger partial charge in [0.1, 0.15) is 23.1 Å². The molecular weight excluding hydrogens is 400 g/mol. The van der Waals surface area contributed by atoms with Crippen LogP contribution < -0.4 is 0 Å². The number of hydrogen-bond donors (Lipinski definition) is 0. The van der Waals surface area contributed by atoms with Gasteiger partial charge in [-0.25, -0.2) is 0 Å². The summed E-state index contributed by atoms with van der Waals surface area (Å²) in [4.78, 5) is 38.8. The Morgan fingerprint density at radius 1 is 1.06 bits per heavy atom. The van der Waals surface area contributed by atoms with Gasteiger partial charge in [0.05, 0.1) is 0 Å². The summed E-state index contributed by atoms with van der Waals surface area (Å²) in [7, 11) is 0. The summed E-state index contributed by atoms with van der Waals surface area (Å²) in [6, 6.07) is 3.96.